The second-order valence-electron chi connectivity index (χ2n) is 0. The molecule has 0 aliphatic rings. The van der Waals surface area contributed by atoms with Crippen molar-refractivity contribution in [3.8, 4) is 0 Å². The molecule has 2 nitrogen and oxygen atoms in total. The van der Waals surface area contributed by atoms with Crippen LogP contribution in [0.1, 0.15) is 0 Å². The first-order chi connectivity index (χ1) is 0. The Morgan fingerprint density at radius 3 is 0.500 bits per heavy atom. The summed E-state index contributed by atoms with van der Waals surface area (Å²) in [4.78, 5) is 0. The summed E-state index contributed by atoms with van der Waals surface area (Å²) in [6, 6.07) is 0. The fraction of sp³-hybridized carbons (Fsp3) is 0. The molecule has 26 valence electrons. The summed E-state index contributed by atoms with van der Waals surface area (Å²) in [5.74, 6) is 0. The molecule has 0 aromatic rings. The molecule has 4 heteroatoms. The molecule has 0 bridgehead atoms. The molecule has 0 aromatic heterocycles. The van der Waals surface area contributed by atoms with E-state index in [1.165, 1.54) is 0 Å². The summed E-state index contributed by atoms with van der Waals surface area (Å²) < 4.78 is 0. The van der Waals surface area contributed by atoms with Gasteiger partial charge in [0.1, 0.15) is 0 Å². The van der Waals surface area contributed by atoms with Crippen molar-refractivity contribution in [2.45, 2.75) is 0 Å². The fourth-order valence-electron chi connectivity index (χ4n) is 0. The maximum atomic E-state index is 0. The van der Waals surface area contributed by atoms with Crippen LogP contribution in [0.25, 0.3) is 0 Å². The number of hydrogen-bond acceptors (Lipinski definition) is 0. The minimum atomic E-state index is 0. The molecule has 0 N–H and O–H groups in total. The van der Waals surface area contributed by atoms with Gasteiger partial charge in [-0.25, -0.2) is 0 Å². The van der Waals surface area contributed by atoms with Gasteiger partial charge in [0.25, 0.3) is 0 Å². The average Bonchev–Trinajstić information content (AvgIpc) is 0. The van der Waals surface area contributed by atoms with Crippen LogP contribution in [-0.2, 0) is 48.1 Å². The molecule has 4 heavy (non-hydrogen) atoms. The van der Waals surface area contributed by atoms with Crippen molar-refractivity contribution in [3.63, 3.8) is 0 Å². The predicted molar refractivity (Wildman–Crippen MR) is 1.37 cm³/mol. The minimum absolute atomic E-state index is 0. The zero-order valence-electron chi connectivity index (χ0n) is 1.71. The third kappa shape index (κ3) is 11.4. The Labute approximate surface area is 48.3 Å². The molecule has 0 saturated heterocycles. The van der Waals surface area contributed by atoms with Gasteiger partial charge in [-0.15, -0.1) is 0 Å². The van der Waals surface area contributed by atoms with E-state index in [1.54, 1.807) is 0 Å². The van der Waals surface area contributed by atoms with Crippen LogP contribution in [0.15, 0.2) is 0 Å². The SMILES string of the molecule is [O-2].[O-2].[V].[V]. The smallest absolute Gasteiger partial charge is 0 e. The first-order valence-corrected chi connectivity index (χ1v) is 0. The van der Waals surface area contributed by atoms with Gasteiger partial charge in [-0.1, -0.05) is 0 Å². The van der Waals surface area contributed by atoms with Gasteiger partial charge < -0.3 is 11.0 Å². The number of rotatable bonds is 0. The molecule has 2 radical (unpaired) electrons. The third-order valence-electron chi connectivity index (χ3n) is 0. The van der Waals surface area contributed by atoms with E-state index in [9.17, 15) is 0 Å². The molecule has 0 atom stereocenters. The molecular weight excluding hydrogens is 134 g/mol. The van der Waals surface area contributed by atoms with E-state index in [1.807, 2.05) is 0 Å². The van der Waals surface area contributed by atoms with Crippen LogP contribution >= 0.6 is 0 Å². The van der Waals surface area contributed by atoms with Crippen LogP contribution in [0.5, 0.6) is 0 Å². The Bertz CT molecular complexity index is 4.00. The molecule has 0 saturated carbocycles. The topological polar surface area (TPSA) is 57.0 Å². The minimum Gasteiger partial charge on any atom is -2.00 e. The second kappa shape index (κ2) is 32.9. The largest absolute Gasteiger partial charge is 2.00 e. The summed E-state index contributed by atoms with van der Waals surface area (Å²) in [6.07, 6.45) is 0. The van der Waals surface area contributed by atoms with Gasteiger partial charge in [0.2, 0.25) is 0 Å². The molecule has 0 heterocycles. The first-order valence-electron chi connectivity index (χ1n) is 0. The average molecular weight is 134 g/mol. The zero-order chi connectivity index (χ0) is 0. The van der Waals surface area contributed by atoms with Gasteiger partial charge in [-0.05, 0) is 0 Å². The molecule has 0 aromatic carbocycles. The molecular formula is O2V2-4. The standard InChI is InChI=1S/2O.2V/q2*-2;;. The van der Waals surface area contributed by atoms with Crippen LogP contribution in [0, 0.1) is 0 Å². The van der Waals surface area contributed by atoms with Crippen molar-refractivity contribution in [1.82, 2.24) is 0 Å². The summed E-state index contributed by atoms with van der Waals surface area (Å²) in [7, 11) is 0. The van der Waals surface area contributed by atoms with E-state index < -0.39 is 0 Å². The molecule has 0 unspecified atom stereocenters. The monoisotopic (exact) mass is 134 g/mol. The zero-order valence-corrected chi connectivity index (χ0v) is 4.50. The first kappa shape index (κ1) is 71.8. The molecule has 0 rings (SSSR count). The van der Waals surface area contributed by atoms with E-state index in [-0.39, 0.29) is 48.1 Å². The predicted octanol–water partition coefficient (Wildman–Crippen LogP) is -0.243. The van der Waals surface area contributed by atoms with Crippen molar-refractivity contribution in [2.24, 2.45) is 0 Å². The second-order valence-corrected chi connectivity index (χ2v) is 0. The number of hydrogen-bond donors (Lipinski definition) is 0. The van der Waals surface area contributed by atoms with Crippen molar-refractivity contribution in [3.05, 3.63) is 0 Å². The van der Waals surface area contributed by atoms with E-state index in [4.69, 9.17) is 0 Å². The van der Waals surface area contributed by atoms with Crippen LogP contribution in [0.3, 0.4) is 0 Å². The van der Waals surface area contributed by atoms with E-state index >= 15 is 0 Å². The molecule has 0 spiro atoms. The van der Waals surface area contributed by atoms with Crippen molar-refractivity contribution in [2.75, 3.05) is 0 Å². The Balaban J connectivity index is 0. The Hall–Kier alpha value is 1.09. The maximum Gasteiger partial charge on any atom is 0 e. The van der Waals surface area contributed by atoms with Crippen molar-refractivity contribution >= 4 is 0 Å². The molecule has 0 aliphatic carbocycles. The Morgan fingerprint density at radius 1 is 0.500 bits per heavy atom. The van der Waals surface area contributed by atoms with E-state index in [0.29, 0.717) is 0 Å². The molecule has 0 aliphatic heterocycles. The third-order valence-corrected chi connectivity index (χ3v) is 0. The fourth-order valence-corrected chi connectivity index (χ4v) is 0. The normalized spacial score (nSPS) is 0. The van der Waals surface area contributed by atoms with Gasteiger partial charge in [-0.2, -0.15) is 0 Å². The van der Waals surface area contributed by atoms with Gasteiger partial charge in [0, 0.05) is 37.1 Å². The van der Waals surface area contributed by atoms with E-state index in [0.717, 1.165) is 0 Å². The maximum absolute atomic E-state index is 0. The molecule has 0 amide bonds. The van der Waals surface area contributed by atoms with Gasteiger partial charge in [0.05, 0.1) is 0 Å². The summed E-state index contributed by atoms with van der Waals surface area (Å²) in [5, 5.41) is 0. The van der Waals surface area contributed by atoms with Crippen LogP contribution in [-0.4, -0.2) is 0 Å². The summed E-state index contributed by atoms with van der Waals surface area (Å²) >= 11 is 0. The van der Waals surface area contributed by atoms with E-state index in [2.05, 4.69) is 0 Å². The summed E-state index contributed by atoms with van der Waals surface area (Å²) in [6.45, 7) is 0. The van der Waals surface area contributed by atoms with Crippen LogP contribution in [0.2, 0.25) is 0 Å². The van der Waals surface area contributed by atoms with Crippen molar-refractivity contribution < 1.29 is 48.1 Å². The molecule has 0 fully saturated rings. The Morgan fingerprint density at radius 2 is 0.500 bits per heavy atom. The van der Waals surface area contributed by atoms with Crippen LogP contribution in [0.4, 0.5) is 0 Å². The Kier molecular flexibility index (Phi) is 590. The van der Waals surface area contributed by atoms with Gasteiger partial charge in [0.15, 0.2) is 0 Å². The van der Waals surface area contributed by atoms with Gasteiger partial charge in [-0.3, -0.25) is 0 Å². The van der Waals surface area contributed by atoms with Crippen LogP contribution < -0.4 is 0 Å². The van der Waals surface area contributed by atoms with Crippen molar-refractivity contribution in [1.29, 1.82) is 0 Å². The van der Waals surface area contributed by atoms with Gasteiger partial charge >= 0.3 is 0 Å². The summed E-state index contributed by atoms with van der Waals surface area (Å²) in [5.41, 5.74) is 0. The quantitative estimate of drug-likeness (QED) is 0.438.